The molecule has 31 heavy (non-hydrogen) atoms. The molecule has 4 rings (SSSR count). The fourth-order valence-corrected chi connectivity index (χ4v) is 2.75. The fourth-order valence-electron chi connectivity index (χ4n) is 2.75. The zero-order valence-electron chi connectivity index (χ0n) is 16.1. The van der Waals surface area contributed by atoms with Gasteiger partial charge in [-0.2, -0.15) is 9.36 Å². The van der Waals surface area contributed by atoms with Crippen LogP contribution in [0.5, 0.6) is 0 Å². The van der Waals surface area contributed by atoms with Crippen molar-refractivity contribution in [3.05, 3.63) is 77.9 Å². The number of esters is 1. The lowest BCUT2D eigenvalue weighted by atomic mass is 10.2. The third kappa shape index (κ3) is 4.17. The molecule has 2 aromatic carbocycles. The largest absolute Gasteiger partial charge is 0.463 e. The number of ether oxygens (including phenoxy) is 1. The number of carbonyl (C=O) groups excluding carboxylic acids is 1. The van der Waals surface area contributed by atoms with E-state index in [4.69, 9.17) is 4.74 Å². The van der Waals surface area contributed by atoms with Crippen LogP contribution in [0.4, 0.5) is 8.78 Å². The summed E-state index contributed by atoms with van der Waals surface area (Å²) in [6, 6.07) is 10.9. The maximum absolute atomic E-state index is 13.3. The van der Waals surface area contributed by atoms with Crippen LogP contribution >= 0.6 is 0 Å². The summed E-state index contributed by atoms with van der Waals surface area (Å²) < 4.78 is 34.3. The Labute approximate surface area is 173 Å². The molecule has 0 atom stereocenters. The molecule has 0 saturated carbocycles. The molecule has 0 spiro atoms. The number of aromatic nitrogens is 8. The van der Waals surface area contributed by atoms with Crippen LogP contribution in [-0.2, 0) is 9.53 Å². The first kappa shape index (κ1) is 19.9. The van der Waals surface area contributed by atoms with Gasteiger partial charge in [-0.1, -0.05) is 0 Å². The number of nitrogens with zero attached hydrogens (tertiary/aromatic N) is 8. The summed E-state index contributed by atoms with van der Waals surface area (Å²) in [5.74, 6) is -1.31. The summed E-state index contributed by atoms with van der Waals surface area (Å²) >= 11 is 0. The number of carbonyl (C=O) groups is 1. The molecule has 0 fully saturated rings. The molecule has 0 radical (unpaired) electrons. The van der Waals surface area contributed by atoms with Crippen molar-refractivity contribution in [1.29, 1.82) is 0 Å². The summed E-state index contributed by atoms with van der Waals surface area (Å²) in [7, 11) is 0. The number of halogens is 2. The Hall–Kier alpha value is -4.35. The van der Waals surface area contributed by atoms with Gasteiger partial charge in [-0.3, -0.25) is 0 Å². The Morgan fingerprint density at radius 2 is 1.32 bits per heavy atom. The highest BCUT2D eigenvalue weighted by molar-refractivity contribution is 5.94. The van der Waals surface area contributed by atoms with Crippen LogP contribution in [0.2, 0.25) is 0 Å². The van der Waals surface area contributed by atoms with Crippen molar-refractivity contribution in [1.82, 2.24) is 40.4 Å². The van der Waals surface area contributed by atoms with Crippen LogP contribution in [0, 0.1) is 11.6 Å². The molecule has 2 heterocycles. The molecule has 0 saturated heterocycles. The zero-order valence-corrected chi connectivity index (χ0v) is 16.1. The third-order valence-electron chi connectivity index (χ3n) is 4.11. The second kappa shape index (κ2) is 8.57. The molecule has 0 bridgehead atoms. The molecule has 0 aliphatic carbocycles. The second-order valence-corrected chi connectivity index (χ2v) is 6.09. The zero-order chi connectivity index (χ0) is 21.8. The van der Waals surface area contributed by atoms with Crippen LogP contribution in [-0.4, -0.2) is 53.0 Å². The Kier molecular flexibility index (Phi) is 5.51. The maximum Gasteiger partial charge on any atom is 0.331 e. The van der Waals surface area contributed by atoms with Gasteiger partial charge in [-0.25, -0.2) is 13.6 Å². The highest BCUT2D eigenvalue weighted by Gasteiger charge is 2.23. The third-order valence-corrected chi connectivity index (χ3v) is 4.11. The van der Waals surface area contributed by atoms with Gasteiger partial charge < -0.3 is 4.74 Å². The van der Waals surface area contributed by atoms with E-state index in [1.54, 1.807) is 6.92 Å². The number of tetrazole rings is 2. The summed E-state index contributed by atoms with van der Waals surface area (Å²) in [6.45, 7) is 1.81. The summed E-state index contributed by atoms with van der Waals surface area (Å²) in [5.41, 5.74) is 1.02. The average Bonchev–Trinajstić information content (AvgIpc) is 3.43. The molecule has 156 valence electrons. The van der Waals surface area contributed by atoms with Gasteiger partial charge in [0.25, 0.3) is 0 Å². The van der Waals surface area contributed by atoms with E-state index in [0.29, 0.717) is 11.4 Å². The average molecular weight is 424 g/mol. The molecule has 12 heteroatoms. The van der Waals surface area contributed by atoms with E-state index >= 15 is 0 Å². The topological polar surface area (TPSA) is 114 Å². The van der Waals surface area contributed by atoms with Gasteiger partial charge in [0.2, 0.25) is 0 Å². The number of hydrogen-bond donors (Lipinski definition) is 0. The van der Waals surface area contributed by atoms with E-state index in [-0.39, 0.29) is 23.8 Å². The minimum atomic E-state index is -0.667. The van der Waals surface area contributed by atoms with Crippen molar-refractivity contribution < 1.29 is 18.3 Å². The lowest BCUT2D eigenvalue weighted by Gasteiger charge is -2.09. The Bertz CT molecular complexity index is 1150. The molecule has 0 unspecified atom stereocenters. The van der Waals surface area contributed by atoms with Gasteiger partial charge >= 0.3 is 5.97 Å². The van der Waals surface area contributed by atoms with E-state index in [1.165, 1.54) is 57.9 Å². The first-order valence-corrected chi connectivity index (χ1v) is 9.04. The Balaban J connectivity index is 1.87. The van der Waals surface area contributed by atoms with Crippen molar-refractivity contribution >= 4 is 11.5 Å². The summed E-state index contributed by atoms with van der Waals surface area (Å²) in [6.07, 6.45) is 1.15. The van der Waals surface area contributed by atoms with Gasteiger partial charge in [0.1, 0.15) is 11.6 Å². The van der Waals surface area contributed by atoms with Gasteiger partial charge in [0, 0.05) is 6.08 Å². The Morgan fingerprint density at radius 3 is 1.74 bits per heavy atom. The lowest BCUT2D eigenvalue weighted by Crippen LogP contribution is -2.11. The Morgan fingerprint density at radius 1 is 0.871 bits per heavy atom. The lowest BCUT2D eigenvalue weighted by molar-refractivity contribution is -0.137. The van der Waals surface area contributed by atoms with Crippen LogP contribution in [0.25, 0.3) is 16.9 Å². The molecule has 0 aliphatic heterocycles. The number of benzene rings is 2. The van der Waals surface area contributed by atoms with Crippen LogP contribution < -0.4 is 0 Å². The molecule has 2 aromatic heterocycles. The molecule has 0 amide bonds. The highest BCUT2D eigenvalue weighted by Crippen LogP contribution is 2.24. The molecular weight excluding hydrogens is 410 g/mol. The van der Waals surface area contributed by atoms with Crippen molar-refractivity contribution in [2.75, 3.05) is 6.61 Å². The van der Waals surface area contributed by atoms with E-state index in [2.05, 4.69) is 31.1 Å². The van der Waals surface area contributed by atoms with E-state index in [9.17, 15) is 13.6 Å². The monoisotopic (exact) mass is 424 g/mol. The SMILES string of the molecule is CCOC(=O)C=C(c1nnnn1-c1ccc(F)cc1)c1nnnn1-c1ccc(F)cc1. The fraction of sp³-hybridized carbons (Fsp3) is 0.105. The molecule has 0 aliphatic rings. The van der Waals surface area contributed by atoms with Gasteiger partial charge in [0.05, 0.1) is 23.6 Å². The predicted molar refractivity (Wildman–Crippen MR) is 102 cm³/mol. The second-order valence-electron chi connectivity index (χ2n) is 6.09. The highest BCUT2D eigenvalue weighted by atomic mass is 19.1. The van der Waals surface area contributed by atoms with E-state index in [0.717, 1.165) is 6.08 Å². The number of rotatable bonds is 6. The van der Waals surface area contributed by atoms with Crippen LogP contribution in [0.1, 0.15) is 18.6 Å². The van der Waals surface area contributed by atoms with Gasteiger partial charge in [-0.05, 0) is 76.3 Å². The van der Waals surface area contributed by atoms with Crippen molar-refractivity contribution in [3.8, 4) is 11.4 Å². The van der Waals surface area contributed by atoms with Crippen LogP contribution in [0.3, 0.4) is 0 Å². The maximum atomic E-state index is 13.3. The standard InChI is InChI=1S/C19H14F2N8O2/c1-2-31-17(30)11-16(18-22-24-26-28(18)14-7-3-12(20)4-8-14)19-23-25-27-29(19)15-9-5-13(21)6-10-15/h3-11H,2H2,1H3. The van der Waals surface area contributed by atoms with Crippen molar-refractivity contribution in [3.63, 3.8) is 0 Å². The predicted octanol–water partition coefficient (Wildman–Crippen LogP) is 1.91. The summed E-state index contributed by atoms with van der Waals surface area (Å²) in [5, 5.41) is 23.2. The molecule has 4 aromatic rings. The minimum absolute atomic E-state index is 0.109. The number of hydrogen-bond acceptors (Lipinski definition) is 8. The van der Waals surface area contributed by atoms with Gasteiger partial charge in [-0.15, -0.1) is 10.2 Å². The minimum Gasteiger partial charge on any atom is -0.463 e. The van der Waals surface area contributed by atoms with Crippen molar-refractivity contribution in [2.45, 2.75) is 6.92 Å². The first-order chi connectivity index (χ1) is 15.1. The summed E-state index contributed by atoms with van der Waals surface area (Å²) in [4.78, 5) is 12.3. The quantitative estimate of drug-likeness (QED) is 0.341. The molecular formula is C19H14F2N8O2. The smallest absolute Gasteiger partial charge is 0.331 e. The normalized spacial score (nSPS) is 10.7. The van der Waals surface area contributed by atoms with E-state index in [1.807, 2.05) is 0 Å². The van der Waals surface area contributed by atoms with Crippen LogP contribution in [0.15, 0.2) is 54.6 Å². The molecule has 10 nitrogen and oxygen atoms in total. The molecule has 0 N–H and O–H groups in total. The van der Waals surface area contributed by atoms with Gasteiger partial charge in [0.15, 0.2) is 11.6 Å². The van der Waals surface area contributed by atoms with Crippen molar-refractivity contribution in [2.24, 2.45) is 0 Å². The van der Waals surface area contributed by atoms with E-state index < -0.39 is 17.6 Å². The first-order valence-electron chi connectivity index (χ1n) is 9.04.